The molecular weight excluding hydrogens is 525 g/mol. The molecule has 0 aliphatic heterocycles. The van der Waals surface area contributed by atoms with Crippen LogP contribution in [0.25, 0.3) is 0 Å². The first-order chi connectivity index (χ1) is 18.4. The minimum atomic E-state index is -1.44. The molecule has 0 N–H and O–H groups in total. The van der Waals surface area contributed by atoms with E-state index in [2.05, 4.69) is 72.3 Å². The van der Waals surface area contributed by atoms with Gasteiger partial charge in [0.2, 0.25) is 8.65 Å². The van der Waals surface area contributed by atoms with Crippen molar-refractivity contribution in [2.75, 3.05) is 13.2 Å². The van der Waals surface area contributed by atoms with Crippen molar-refractivity contribution in [3.8, 4) is 0 Å². The zero-order valence-electron chi connectivity index (χ0n) is 28.8. The molecule has 0 heterocycles. The molecule has 2 nitrogen and oxygen atoms in total. The normalized spacial score (nSPS) is 15.4. The number of hydrogen-bond donors (Lipinski definition) is 0. The van der Waals surface area contributed by atoms with E-state index in [1.165, 1.54) is 116 Å². The SMILES string of the molecule is CCC/C=[Si](\C)OCC(CCCC)CCCCCCCCCCC(C(CCCC)CO[Si](C)(C)C)[Si](C)(C)C. The van der Waals surface area contributed by atoms with Crippen molar-refractivity contribution < 1.29 is 8.85 Å². The van der Waals surface area contributed by atoms with Crippen molar-refractivity contribution in [3.05, 3.63) is 0 Å². The fraction of sp³-hybridized carbons (Fsp3) is 0.971. The molecule has 0 amide bonds. The summed E-state index contributed by atoms with van der Waals surface area (Å²) in [4.78, 5) is 0. The Balaban J connectivity index is 4.29. The van der Waals surface area contributed by atoms with Gasteiger partial charge in [-0.25, -0.2) is 0 Å². The second-order valence-corrected chi connectivity index (χ2v) is 26.5. The van der Waals surface area contributed by atoms with Crippen LogP contribution in [0.5, 0.6) is 0 Å². The van der Waals surface area contributed by atoms with Gasteiger partial charge in [-0.05, 0) is 69.2 Å². The third-order valence-corrected chi connectivity index (χ3v) is 14.0. The Bertz CT molecular complexity index is 580. The van der Waals surface area contributed by atoms with Crippen molar-refractivity contribution in [3.63, 3.8) is 0 Å². The summed E-state index contributed by atoms with van der Waals surface area (Å²) in [6.07, 6.45) is 24.8. The van der Waals surface area contributed by atoms with Crippen molar-refractivity contribution in [1.82, 2.24) is 0 Å². The summed E-state index contributed by atoms with van der Waals surface area (Å²) in [6.45, 7) is 26.1. The van der Waals surface area contributed by atoms with Gasteiger partial charge in [0.05, 0.1) is 6.61 Å². The largest absolute Gasteiger partial charge is 0.551 e. The Morgan fingerprint density at radius 1 is 0.615 bits per heavy atom. The van der Waals surface area contributed by atoms with Crippen LogP contribution in [0.2, 0.25) is 51.4 Å². The maximum atomic E-state index is 6.48. The standard InChI is InChI=1S/C34H74O2Si3/c1-11-14-25-32(30-35-37(4)29-16-13-3)26-23-21-19-17-18-20-22-24-28-34(38(5,6)7)33(27-15-12-2)31-36-39(8,9)10/h29,32-34H,11-28,30-31H2,1-10H3/b37-29+. The smallest absolute Gasteiger partial charge is 0.224 e. The van der Waals surface area contributed by atoms with E-state index in [9.17, 15) is 0 Å². The molecule has 0 aliphatic carbocycles. The van der Waals surface area contributed by atoms with Crippen LogP contribution in [-0.4, -0.2) is 43.9 Å². The van der Waals surface area contributed by atoms with Gasteiger partial charge in [-0.3, -0.25) is 0 Å². The topological polar surface area (TPSA) is 18.5 Å². The van der Waals surface area contributed by atoms with E-state index >= 15 is 0 Å². The highest BCUT2D eigenvalue weighted by atomic mass is 28.4. The van der Waals surface area contributed by atoms with Gasteiger partial charge in [0, 0.05) is 14.7 Å². The summed E-state index contributed by atoms with van der Waals surface area (Å²) in [7, 11) is -3.32. The van der Waals surface area contributed by atoms with Gasteiger partial charge in [-0.15, -0.1) is 0 Å². The van der Waals surface area contributed by atoms with Crippen molar-refractivity contribution in [2.24, 2.45) is 11.8 Å². The average molecular weight is 599 g/mol. The van der Waals surface area contributed by atoms with E-state index in [0.29, 0.717) is 0 Å². The summed E-state index contributed by atoms with van der Waals surface area (Å²) < 4.78 is 12.8. The van der Waals surface area contributed by atoms with E-state index in [4.69, 9.17) is 8.85 Å². The van der Waals surface area contributed by atoms with Gasteiger partial charge in [0.1, 0.15) is 0 Å². The molecule has 3 unspecified atom stereocenters. The van der Waals surface area contributed by atoms with E-state index in [1.807, 2.05) is 0 Å². The molecule has 0 bridgehead atoms. The molecule has 0 spiro atoms. The summed E-state index contributed by atoms with van der Waals surface area (Å²) in [5, 5.41) is 0. The maximum absolute atomic E-state index is 6.48. The first kappa shape index (κ1) is 39.3. The Morgan fingerprint density at radius 2 is 1.13 bits per heavy atom. The second kappa shape index (κ2) is 23.8. The molecule has 0 aromatic rings. The Labute approximate surface area is 251 Å². The van der Waals surface area contributed by atoms with E-state index in [-0.39, 0.29) is 0 Å². The molecule has 234 valence electrons. The predicted molar refractivity (Wildman–Crippen MR) is 187 cm³/mol. The lowest BCUT2D eigenvalue weighted by atomic mass is 9.94. The van der Waals surface area contributed by atoms with Gasteiger partial charge in [0.15, 0.2) is 8.32 Å². The number of hydrogen-bond acceptors (Lipinski definition) is 2. The maximum Gasteiger partial charge on any atom is 0.224 e. The van der Waals surface area contributed by atoms with Crippen LogP contribution in [0.15, 0.2) is 0 Å². The first-order valence-electron chi connectivity index (χ1n) is 17.4. The molecule has 0 aromatic carbocycles. The fourth-order valence-corrected chi connectivity index (χ4v) is 10.7. The zero-order chi connectivity index (χ0) is 29.6. The highest BCUT2D eigenvalue weighted by Crippen LogP contribution is 2.38. The van der Waals surface area contributed by atoms with Gasteiger partial charge in [0.25, 0.3) is 0 Å². The highest BCUT2D eigenvalue weighted by Gasteiger charge is 2.33. The quantitative estimate of drug-likeness (QED) is 0.0691. The fourth-order valence-electron chi connectivity index (χ4n) is 5.92. The highest BCUT2D eigenvalue weighted by molar-refractivity contribution is 6.77. The molecule has 5 heteroatoms. The molecule has 0 fully saturated rings. The van der Waals surface area contributed by atoms with Gasteiger partial charge >= 0.3 is 0 Å². The zero-order valence-corrected chi connectivity index (χ0v) is 31.8. The summed E-state index contributed by atoms with van der Waals surface area (Å²) >= 11 is 0. The molecule has 0 rings (SSSR count). The molecule has 3 atom stereocenters. The summed E-state index contributed by atoms with van der Waals surface area (Å²) in [5.41, 5.74) is 3.36. The molecule has 0 saturated heterocycles. The van der Waals surface area contributed by atoms with E-state index in [1.54, 1.807) is 0 Å². The van der Waals surface area contributed by atoms with Crippen LogP contribution in [0.3, 0.4) is 0 Å². The van der Waals surface area contributed by atoms with Crippen molar-refractivity contribution in [2.45, 2.75) is 188 Å². The second-order valence-electron chi connectivity index (χ2n) is 14.6. The van der Waals surface area contributed by atoms with Crippen LogP contribution < -0.4 is 0 Å². The molecular formula is C34H74O2Si3. The number of rotatable bonds is 27. The lowest BCUT2D eigenvalue weighted by Gasteiger charge is -2.37. The minimum absolute atomic E-state index is 0.680. The monoisotopic (exact) mass is 598 g/mol. The van der Waals surface area contributed by atoms with Gasteiger partial charge in [-0.1, -0.05) is 136 Å². The van der Waals surface area contributed by atoms with Gasteiger partial charge < -0.3 is 8.85 Å². The van der Waals surface area contributed by atoms with E-state index in [0.717, 1.165) is 30.6 Å². The van der Waals surface area contributed by atoms with Crippen molar-refractivity contribution in [1.29, 1.82) is 0 Å². The van der Waals surface area contributed by atoms with Crippen LogP contribution in [-0.2, 0) is 8.85 Å². The summed E-state index contributed by atoms with van der Waals surface area (Å²) in [5.74, 6) is 1.57. The molecule has 0 radical (unpaired) electrons. The summed E-state index contributed by atoms with van der Waals surface area (Å²) in [6, 6.07) is 0. The van der Waals surface area contributed by atoms with Crippen LogP contribution in [0.1, 0.15) is 136 Å². The average Bonchev–Trinajstić information content (AvgIpc) is 2.86. The van der Waals surface area contributed by atoms with Gasteiger partial charge in [-0.2, -0.15) is 0 Å². The molecule has 0 saturated carbocycles. The lowest BCUT2D eigenvalue weighted by molar-refractivity contribution is 0.217. The number of unbranched alkanes of at least 4 members (excludes halogenated alkanes) is 10. The van der Waals surface area contributed by atoms with E-state index < -0.39 is 25.0 Å². The Hall–Kier alpha value is 0.281. The van der Waals surface area contributed by atoms with Crippen molar-refractivity contribution >= 4 is 30.7 Å². The lowest BCUT2D eigenvalue weighted by Crippen LogP contribution is -2.38. The minimum Gasteiger partial charge on any atom is -0.551 e. The Morgan fingerprint density at radius 3 is 1.64 bits per heavy atom. The third kappa shape index (κ3) is 23.5. The first-order valence-corrected chi connectivity index (χ1v) is 26.3. The Kier molecular flexibility index (Phi) is 24.0. The molecule has 39 heavy (non-hydrogen) atoms. The van der Waals surface area contributed by atoms with Crippen LogP contribution in [0, 0.1) is 11.8 Å². The van der Waals surface area contributed by atoms with Crippen LogP contribution in [0.4, 0.5) is 0 Å². The molecule has 0 aromatic heterocycles. The van der Waals surface area contributed by atoms with Crippen LogP contribution >= 0.6 is 0 Å². The third-order valence-electron chi connectivity index (χ3n) is 8.45. The molecule has 0 aliphatic rings. The predicted octanol–water partition coefficient (Wildman–Crippen LogP) is 11.9.